The zero-order valence-corrected chi connectivity index (χ0v) is 17.4. The molecule has 29 heavy (non-hydrogen) atoms. The van der Waals surface area contributed by atoms with E-state index in [9.17, 15) is 4.79 Å². The fourth-order valence-electron chi connectivity index (χ4n) is 3.60. The first-order valence-corrected chi connectivity index (χ1v) is 10.4. The van der Waals surface area contributed by atoms with Gasteiger partial charge in [0.05, 0.1) is 11.9 Å². The minimum Gasteiger partial charge on any atom is -0.443 e. The second-order valence-corrected chi connectivity index (χ2v) is 8.19. The number of hydrogen-bond acceptors (Lipinski definition) is 5. The van der Waals surface area contributed by atoms with Crippen LogP contribution in [0.2, 0.25) is 5.02 Å². The number of nitrogens with zero attached hydrogens (tertiary/aromatic N) is 3. The van der Waals surface area contributed by atoms with Crippen LogP contribution in [-0.2, 0) is 6.42 Å². The van der Waals surface area contributed by atoms with Gasteiger partial charge in [0, 0.05) is 24.1 Å². The van der Waals surface area contributed by atoms with Gasteiger partial charge in [-0.15, -0.1) is 0 Å². The smallest absolute Gasteiger partial charge is 0.293 e. The lowest BCUT2D eigenvalue weighted by molar-refractivity contribution is 0.0528. The summed E-state index contributed by atoms with van der Waals surface area (Å²) >= 11 is 5.95. The average Bonchev–Trinajstić information content (AvgIpc) is 3.39. The number of aromatic nitrogens is 2. The molecule has 3 aromatic rings. The van der Waals surface area contributed by atoms with Crippen LogP contribution < -0.4 is 0 Å². The number of carbonyl (C=O) groups excluding carboxylic acids is 1. The minimum absolute atomic E-state index is 0.161. The Morgan fingerprint density at radius 3 is 2.79 bits per heavy atom. The lowest BCUT2D eigenvalue weighted by Gasteiger charge is -2.32. The highest BCUT2D eigenvalue weighted by molar-refractivity contribution is 6.30. The fraction of sp³-hybridized carbons (Fsp3) is 0.409. The van der Waals surface area contributed by atoms with Crippen molar-refractivity contribution in [2.24, 2.45) is 0 Å². The lowest BCUT2D eigenvalue weighted by atomic mass is 10.0. The second-order valence-electron chi connectivity index (χ2n) is 7.75. The van der Waals surface area contributed by atoms with E-state index in [2.05, 4.69) is 10.1 Å². The lowest BCUT2D eigenvalue weighted by Crippen LogP contribution is -2.38. The normalized spacial score (nSPS) is 17.1. The molecular weight excluding hydrogens is 390 g/mol. The van der Waals surface area contributed by atoms with Gasteiger partial charge in [0.1, 0.15) is 11.8 Å². The highest BCUT2D eigenvalue weighted by atomic mass is 35.5. The molecule has 1 aliphatic rings. The summed E-state index contributed by atoms with van der Waals surface area (Å²) in [5.74, 6) is 1.66. The number of hydrogen-bond donors (Lipinski definition) is 0. The number of likely N-dealkylation sites (tertiary alicyclic amines) is 1. The minimum atomic E-state index is -0.192. The number of oxazole rings is 1. The third-order valence-electron chi connectivity index (χ3n) is 5.24. The van der Waals surface area contributed by atoms with Crippen molar-refractivity contribution in [3.8, 4) is 0 Å². The quantitative estimate of drug-likeness (QED) is 0.560. The first-order chi connectivity index (χ1) is 14.0. The molecule has 7 heteroatoms. The first kappa shape index (κ1) is 19.7. The molecule has 1 aromatic carbocycles. The van der Waals surface area contributed by atoms with Crippen LogP contribution in [-0.4, -0.2) is 27.5 Å². The number of rotatable bonds is 5. The summed E-state index contributed by atoms with van der Waals surface area (Å²) in [5, 5.41) is 4.72. The van der Waals surface area contributed by atoms with Crippen molar-refractivity contribution >= 4 is 17.5 Å². The Hall–Kier alpha value is -2.60. The molecule has 0 bridgehead atoms. The van der Waals surface area contributed by atoms with Crippen LogP contribution in [0.15, 0.2) is 45.5 Å². The van der Waals surface area contributed by atoms with Crippen molar-refractivity contribution in [3.05, 3.63) is 70.2 Å². The van der Waals surface area contributed by atoms with E-state index in [1.54, 1.807) is 17.2 Å². The molecule has 1 saturated heterocycles. The molecule has 1 aliphatic heterocycles. The van der Waals surface area contributed by atoms with Gasteiger partial charge < -0.3 is 13.8 Å². The van der Waals surface area contributed by atoms with Crippen LogP contribution in [0.5, 0.6) is 0 Å². The van der Waals surface area contributed by atoms with Crippen molar-refractivity contribution in [2.45, 2.75) is 51.5 Å². The molecule has 1 atom stereocenters. The number of carbonyl (C=O) groups is 1. The molecule has 1 amide bonds. The molecule has 4 rings (SSSR count). The highest BCUT2D eigenvalue weighted by Crippen LogP contribution is 2.32. The summed E-state index contributed by atoms with van der Waals surface area (Å²) in [6, 6.07) is 9.20. The predicted molar refractivity (Wildman–Crippen MR) is 109 cm³/mol. The van der Waals surface area contributed by atoms with E-state index in [4.69, 9.17) is 20.5 Å². The van der Waals surface area contributed by atoms with Crippen LogP contribution in [0.1, 0.15) is 78.5 Å². The number of amides is 1. The number of piperidine rings is 1. The summed E-state index contributed by atoms with van der Waals surface area (Å²) in [6.07, 6.45) is 5.16. The molecule has 0 spiro atoms. The summed E-state index contributed by atoms with van der Waals surface area (Å²) in [6.45, 7) is 4.69. The molecule has 2 aromatic heterocycles. The maximum atomic E-state index is 13.1. The Kier molecular flexibility index (Phi) is 5.72. The molecule has 6 nitrogen and oxygen atoms in total. The maximum absolute atomic E-state index is 13.1. The van der Waals surface area contributed by atoms with Gasteiger partial charge in [-0.05, 0) is 42.9 Å². The average molecular weight is 414 g/mol. The summed E-state index contributed by atoms with van der Waals surface area (Å²) in [4.78, 5) is 19.3. The van der Waals surface area contributed by atoms with Gasteiger partial charge in [-0.3, -0.25) is 4.79 Å². The molecule has 0 saturated carbocycles. The maximum Gasteiger partial charge on any atom is 0.293 e. The highest BCUT2D eigenvalue weighted by Gasteiger charge is 2.33. The zero-order valence-electron chi connectivity index (χ0n) is 16.6. The molecule has 3 heterocycles. The van der Waals surface area contributed by atoms with Crippen molar-refractivity contribution < 1.29 is 13.7 Å². The largest absolute Gasteiger partial charge is 0.443 e. The summed E-state index contributed by atoms with van der Waals surface area (Å²) in [7, 11) is 0. The Balaban J connectivity index is 1.52. The van der Waals surface area contributed by atoms with E-state index in [1.807, 2.05) is 38.1 Å². The van der Waals surface area contributed by atoms with Crippen LogP contribution in [0, 0.1) is 0 Å². The van der Waals surface area contributed by atoms with Crippen LogP contribution >= 0.6 is 11.6 Å². The van der Waals surface area contributed by atoms with Crippen molar-refractivity contribution in [2.75, 3.05) is 6.54 Å². The molecule has 152 valence electrons. The van der Waals surface area contributed by atoms with E-state index in [1.165, 1.54) is 0 Å². The Bertz CT molecular complexity index is 977. The molecule has 0 N–H and O–H groups in total. The topological polar surface area (TPSA) is 72.4 Å². The van der Waals surface area contributed by atoms with E-state index in [0.717, 1.165) is 36.3 Å². The van der Waals surface area contributed by atoms with Gasteiger partial charge in [0.25, 0.3) is 5.91 Å². The Morgan fingerprint density at radius 1 is 1.28 bits per heavy atom. The third kappa shape index (κ3) is 4.37. The number of halogens is 1. The molecule has 1 fully saturated rings. The van der Waals surface area contributed by atoms with Crippen molar-refractivity contribution in [1.29, 1.82) is 0 Å². The Morgan fingerprint density at radius 2 is 2.07 bits per heavy atom. The van der Waals surface area contributed by atoms with Crippen molar-refractivity contribution in [1.82, 2.24) is 15.0 Å². The first-order valence-electron chi connectivity index (χ1n) is 9.98. The molecular formula is C22H24ClN3O3. The van der Waals surface area contributed by atoms with E-state index < -0.39 is 0 Å². The van der Waals surface area contributed by atoms with E-state index in [-0.39, 0.29) is 23.6 Å². The van der Waals surface area contributed by atoms with Gasteiger partial charge in [-0.2, -0.15) is 0 Å². The van der Waals surface area contributed by atoms with E-state index in [0.29, 0.717) is 23.9 Å². The SMILES string of the molecule is CC(C)c1cc(C(=O)N2CCCC[C@@H]2c2ncc(Cc3ccc(Cl)cc3)o2)on1. The van der Waals surface area contributed by atoms with Gasteiger partial charge in [0.2, 0.25) is 11.7 Å². The van der Waals surface area contributed by atoms with Crippen LogP contribution in [0.3, 0.4) is 0 Å². The monoisotopic (exact) mass is 413 g/mol. The van der Waals surface area contributed by atoms with Gasteiger partial charge in [0.15, 0.2) is 0 Å². The van der Waals surface area contributed by atoms with Crippen LogP contribution in [0.25, 0.3) is 0 Å². The fourth-order valence-corrected chi connectivity index (χ4v) is 3.72. The van der Waals surface area contributed by atoms with Gasteiger partial charge >= 0.3 is 0 Å². The van der Waals surface area contributed by atoms with Gasteiger partial charge in [-0.25, -0.2) is 4.98 Å². The Labute approximate surface area is 174 Å². The second kappa shape index (κ2) is 8.41. The molecule has 0 aliphatic carbocycles. The molecule has 0 unspecified atom stereocenters. The molecule has 0 radical (unpaired) electrons. The third-order valence-corrected chi connectivity index (χ3v) is 5.49. The summed E-state index contributed by atoms with van der Waals surface area (Å²) < 4.78 is 11.3. The number of benzene rings is 1. The standard InChI is InChI=1S/C22H24ClN3O3/c1-14(2)18-12-20(29-25-18)22(27)26-10-4-3-5-19(26)21-24-13-17(28-21)11-15-6-8-16(23)9-7-15/h6-9,12-14,19H,3-5,10-11H2,1-2H3/t19-/m1/s1. The van der Waals surface area contributed by atoms with Gasteiger partial charge in [-0.1, -0.05) is 42.7 Å². The van der Waals surface area contributed by atoms with Crippen molar-refractivity contribution in [3.63, 3.8) is 0 Å². The zero-order chi connectivity index (χ0) is 20.4. The van der Waals surface area contributed by atoms with Crippen LogP contribution in [0.4, 0.5) is 0 Å². The van der Waals surface area contributed by atoms with E-state index >= 15 is 0 Å². The summed E-state index contributed by atoms with van der Waals surface area (Å²) in [5.41, 5.74) is 1.87. The predicted octanol–water partition coefficient (Wildman–Crippen LogP) is 5.40.